The molecule has 0 unspecified atom stereocenters. The summed E-state index contributed by atoms with van der Waals surface area (Å²) in [5, 5.41) is 0. The summed E-state index contributed by atoms with van der Waals surface area (Å²) in [6.07, 6.45) is 6.78. The van der Waals surface area contributed by atoms with Crippen molar-refractivity contribution in [3.63, 3.8) is 0 Å². The van der Waals surface area contributed by atoms with Crippen LogP contribution in [0.5, 0.6) is 0 Å². The Hall–Kier alpha value is -2.21. The molecule has 0 amide bonds. The fourth-order valence-corrected chi connectivity index (χ4v) is 3.74. The zero-order chi connectivity index (χ0) is 17.2. The van der Waals surface area contributed by atoms with Crippen LogP contribution in [0.1, 0.15) is 36.6 Å². The monoisotopic (exact) mass is 339 g/mol. The van der Waals surface area contributed by atoms with Gasteiger partial charge in [0.2, 0.25) is 5.95 Å². The second kappa shape index (κ2) is 6.96. The molecule has 6 heteroatoms. The van der Waals surface area contributed by atoms with Gasteiger partial charge in [-0.1, -0.05) is 13.0 Å². The topological polar surface area (TPSA) is 65.1 Å². The minimum Gasteiger partial charge on any atom is -0.342 e. The van der Waals surface area contributed by atoms with E-state index in [1.807, 2.05) is 12.3 Å². The Morgan fingerprint density at radius 2 is 2.12 bits per heavy atom. The summed E-state index contributed by atoms with van der Waals surface area (Å²) in [4.78, 5) is 29.1. The predicted octanol–water partition coefficient (Wildman–Crippen LogP) is 1.96. The third-order valence-electron chi connectivity index (χ3n) is 5.35. The van der Waals surface area contributed by atoms with Gasteiger partial charge in [0.1, 0.15) is 0 Å². The lowest BCUT2D eigenvalue weighted by Gasteiger charge is -2.32. The predicted molar refractivity (Wildman–Crippen MR) is 97.5 cm³/mol. The quantitative estimate of drug-likeness (QED) is 0.926. The molecule has 2 aromatic heterocycles. The van der Waals surface area contributed by atoms with Crippen LogP contribution in [-0.4, -0.2) is 39.5 Å². The second-order valence-electron chi connectivity index (χ2n) is 7.31. The summed E-state index contributed by atoms with van der Waals surface area (Å²) in [6.45, 7) is 6.69. The molecular formula is C19H25N5O. The molecule has 1 saturated heterocycles. The molecule has 2 aliphatic rings. The van der Waals surface area contributed by atoms with Crippen molar-refractivity contribution in [2.45, 2.75) is 39.3 Å². The van der Waals surface area contributed by atoms with Gasteiger partial charge in [0.25, 0.3) is 5.56 Å². The third kappa shape index (κ3) is 3.58. The largest absolute Gasteiger partial charge is 0.342 e. The SMILES string of the molecule is CC1CCN(c2nc3c(c(=O)[nH]2)CCN(Cc2cccnc2)C3)CC1. The molecular weight excluding hydrogens is 314 g/mol. The molecule has 0 aromatic carbocycles. The number of nitrogens with one attached hydrogen (secondary N) is 1. The summed E-state index contributed by atoms with van der Waals surface area (Å²) in [5.41, 5.74) is 3.03. The van der Waals surface area contributed by atoms with E-state index < -0.39 is 0 Å². The minimum atomic E-state index is 0.0413. The molecule has 0 aliphatic carbocycles. The van der Waals surface area contributed by atoms with Crippen LogP contribution < -0.4 is 10.5 Å². The highest BCUT2D eigenvalue weighted by Crippen LogP contribution is 2.22. The van der Waals surface area contributed by atoms with Crippen LogP contribution >= 0.6 is 0 Å². The van der Waals surface area contributed by atoms with Crippen molar-refractivity contribution in [1.82, 2.24) is 19.9 Å². The zero-order valence-corrected chi connectivity index (χ0v) is 14.7. The lowest BCUT2D eigenvalue weighted by atomic mass is 9.99. The van der Waals surface area contributed by atoms with Gasteiger partial charge in [-0.2, -0.15) is 0 Å². The van der Waals surface area contributed by atoms with Crippen molar-refractivity contribution in [3.05, 3.63) is 51.7 Å². The molecule has 1 N–H and O–H groups in total. The molecule has 4 rings (SSSR count). The number of hydrogen-bond acceptors (Lipinski definition) is 5. The number of nitrogens with zero attached hydrogens (tertiary/aromatic N) is 4. The number of piperidine rings is 1. The highest BCUT2D eigenvalue weighted by atomic mass is 16.1. The van der Waals surface area contributed by atoms with Crippen LogP contribution in [0, 0.1) is 5.92 Å². The molecule has 2 aliphatic heterocycles. The van der Waals surface area contributed by atoms with Gasteiger partial charge in [-0.3, -0.25) is 19.7 Å². The molecule has 4 heterocycles. The normalized spacial score (nSPS) is 19.0. The lowest BCUT2D eigenvalue weighted by Crippen LogP contribution is -2.39. The van der Waals surface area contributed by atoms with Crippen LogP contribution in [-0.2, 0) is 19.5 Å². The molecule has 0 atom stereocenters. The lowest BCUT2D eigenvalue weighted by molar-refractivity contribution is 0.240. The van der Waals surface area contributed by atoms with E-state index in [1.165, 1.54) is 5.56 Å². The first-order chi connectivity index (χ1) is 12.2. The minimum absolute atomic E-state index is 0.0413. The van der Waals surface area contributed by atoms with Gasteiger partial charge in [-0.15, -0.1) is 0 Å². The second-order valence-corrected chi connectivity index (χ2v) is 7.31. The average molecular weight is 339 g/mol. The first-order valence-corrected chi connectivity index (χ1v) is 9.17. The molecule has 6 nitrogen and oxygen atoms in total. The number of pyridine rings is 1. The van der Waals surface area contributed by atoms with E-state index in [-0.39, 0.29) is 5.56 Å². The number of rotatable bonds is 3. The van der Waals surface area contributed by atoms with Crippen LogP contribution in [0.25, 0.3) is 0 Å². The van der Waals surface area contributed by atoms with E-state index >= 15 is 0 Å². The zero-order valence-electron chi connectivity index (χ0n) is 14.7. The van der Waals surface area contributed by atoms with Crippen molar-refractivity contribution >= 4 is 5.95 Å². The van der Waals surface area contributed by atoms with E-state index in [0.717, 1.165) is 75.1 Å². The molecule has 0 saturated carbocycles. The van der Waals surface area contributed by atoms with Crippen molar-refractivity contribution in [1.29, 1.82) is 0 Å². The van der Waals surface area contributed by atoms with Crippen molar-refractivity contribution < 1.29 is 0 Å². The summed E-state index contributed by atoms with van der Waals surface area (Å²) in [5.74, 6) is 1.51. The van der Waals surface area contributed by atoms with Crippen molar-refractivity contribution in [2.75, 3.05) is 24.5 Å². The Morgan fingerprint density at radius 1 is 1.28 bits per heavy atom. The number of fused-ring (bicyclic) bond motifs is 1. The molecule has 25 heavy (non-hydrogen) atoms. The van der Waals surface area contributed by atoms with E-state index in [0.29, 0.717) is 0 Å². The summed E-state index contributed by atoms with van der Waals surface area (Å²) in [7, 11) is 0. The van der Waals surface area contributed by atoms with E-state index in [9.17, 15) is 4.79 Å². The standard InChI is InChI=1S/C19H25N5O/c1-14-4-9-24(10-5-14)19-21-17-13-23(8-6-16(17)18(25)22-19)12-15-3-2-7-20-11-15/h2-3,7,11,14H,4-6,8-10,12-13H2,1H3,(H,21,22,25). The maximum atomic E-state index is 12.5. The molecule has 1 fully saturated rings. The van der Waals surface area contributed by atoms with Crippen molar-refractivity contribution in [3.8, 4) is 0 Å². The maximum Gasteiger partial charge on any atom is 0.255 e. The molecule has 132 valence electrons. The molecule has 0 bridgehead atoms. The summed E-state index contributed by atoms with van der Waals surface area (Å²) < 4.78 is 0. The number of hydrogen-bond donors (Lipinski definition) is 1. The van der Waals surface area contributed by atoms with Crippen LogP contribution in [0.2, 0.25) is 0 Å². The van der Waals surface area contributed by atoms with Crippen LogP contribution in [0.3, 0.4) is 0 Å². The van der Waals surface area contributed by atoms with Crippen LogP contribution in [0.4, 0.5) is 5.95 Å². The average Bonchev–Trinajstić information content (AvgIpc) is 2.63. The van der Waals surface area contributed by atoms with E-state index in [2.05, 4.69) is 32.8 Å². The van der Waals surface area contributed by atoms with Gasteiger partial charge >= 0.3 is 0 Å². The molecule has 0 radical (unpaired) electrons. The third-order valence-corrected chi connectivity index (χ3v) is 5.35. The van der Waals surface area contributed by atoms with Gasteiger partial charge in [0, 0.05) is 50.7 Å². The first-order valence-electron chi connectivity index (χ1n) is 9.17. The number of aromatic nitrogens is 3. The number of H-pyrrole nitrogens is 1. The van der Waals surface area contributed by atoms with Gasteiger partial charge in [0.05, 0.1) is 5.69 Å². The van der Waals surface area contributed by atoms with Gasteiger partial charge in [-0.05, 0) is 36.8 Å². The van der Waals surface area contributed by atoms with Gasteiger partial charge in [-0.25, -0.2) is 4.98 Å². The Morgan fingerprint density at radius 3 is 2.88 bits per heavy atom. The van der Waals surface area contributed by atoms with Gasteiger partial charge in [0.15, 0.2) is 0 Å². The van der Waals surface area contributed by atoms with E-state index in [4.69, 9.17) is 4.98 Å². The fraction of sp³-hybridized carbons (Fsp3) is 0.526. The number of anilines is 1. The Balaban J connectivity index is 1.53. The van der Waals surface area contributed by atoms with Crippen molar-refractivity contribution in [2.24, 2.45) is 5.92 Å². The Kier molecular flexibility index (Phi) is 4.53. The van der Waals surface area contributed by atoms with Crippen LogP contribution in [0.15, 0.2) is 29.3 Å². The smallest absolute Gasteiger partial charge is 0.255 e. The molecule has 2 aromatic rings. The highest BCUT2D eigenvalue weighted by molar-refractivity contribution is 5.35. The Bertz CT molecular complexity index is 780. The highest BCUT2D eigenvalue weighted by Gasteiger charge is 2.24. The number of aromatic amines is 1. The first kappa shape index (κ1) is 16.3. The Labute approximate surface area is 147 Å². The van der Waals surface area contributed by atoms with E-state index in [1.54, 1.807) is 6.20 Å². The molecule has 0 spiro atoms. The fourth-order valence-electron chi connectivity index (χ4n) is 3.74. The maximum absolute atomic E-state index is 12.5. The summed E-state index contributed by atoms with van der Waals surface area (Å²) >= 11 is 0. The summed E-state index contributed by atoms with van der Waals surface area (Å²) in [6, 6.07) is 4.06. The van der Waals surface area contributed by atoms with Gasteiger partial charge < -0.3 is 4.90 Å².